The van der Waals surface area contributed by atoms with E-state index in [0.29, 0.717) is 24.5 Å². The Morgan fingerprint density at radius 3 is 2.58 bits per heavy atom. The van der Waals surface area contributed by atoms with E-state index in [1.165, 1.54) is 0 Å². The predicted octanol–water partition coefficient (Wildman–Crippen LogP) is 0.300. The van der Waals surface area contributed by atoms with E-state index in [-0.39, 0.29) is 31.0 Å². The lowest BCUT2D eigenvalue weighted by atomic mass is 9.98. The summed E-state index contributed by atoms with van der Waals surface area (Å²) < 4.78 is 5.10. The van der Waals surface area contributed by atoms with Crippen molar-refractivity contribution in [3.8, 4) is 0 Å². The second kappa shape index (κ2) is 6.16. The van der Waals surface area contributed by atoms with Gasteiger partial charge in [-0.2, -0.15) is 0 Å². The fourth-order valence-corrected chi connectivity index (χ4v) is 2.46. The molecule has 106 valence electrons. The molecule has 0 aliphatic carbocycles. The molecule has 0 bridgehead atoms. The highest BCUT2D eigenvalue weighted by Gasteiger charge is 2.35. The quantitative estimate of drug-likeness (QED) is 0.802. The zero-order valence-electron chi connectivity index (χ0n) is 11.1. The molecule has 19 heavy (non-hydrogen) atoms. The predicted molar refractivity (Wildman–Crippen MR) is 67.6 cm³/mol. The number of aromatic nitrogens is 1. The van der Waals surface area contributed by atoms with Gasteiger partial charge in [0.05, 0.1) is 0 Å². The van der Waals surface area contributed by atoms with Crippen LogP contribution in [0.1, 0.15) is 29.6 Å². The zero-order chi connectivity index (χ0) is 13.8. The molecule has 1 fully saturated rings. The fourth-order valence-electron chi connectivity index (χ4n) is 2.46. The van der Waals surface area contributed by atoms with Crippen molar-refractivity contribution in [3.05, 3.63) is 17.5 Å². The first-order valence-corrected chi connectivity index (χ1v) is 6.66. The molecule has 2 heterocycles. The monoisotopic (exact) mass is 268 g/mol. The van der Waals surface area contributed by atoms with Crippen molar-refractivity contribution in [2.45, 2.75) is 19.8 Å². The number of aryl methyl sites for hydroxylation is 1. The molecule has 0 spiro atoms. The highest BCUT2D eigenvalue weighted by molar-refractivity contribution is 5.92. The molecule has 1 aromatic rings. The second-order valence-corrected chi connectivity index (χ2v) is 5.02. The lowest BCUT2D eigenvalue weighted by Crippen LogP contribution is -2.29. The van der Waals surface area contributed by atoms with Gasteiger partial charge in [0.1, 0.15) is 5.76 Å². The van der Waals surface area contributed by atoms with Crippen LogP contribution in [0.5, 0.6) is 0 Å². The molecule has 1 aliphatic heterocycles. The van der Waals surface area contributed by atoms with Gasteiger partial charge in [-0.1, -0.05) is 12.1 Å². The van der Waals surface area contributed by atoms with E-state index in [1.54, 1.807) is 11.0 Å². The van der Waals surface area contributed by atoms with E-state index < -0.39 is 0 Å². The number of hydrogen-bond donors (Lipinski definition) is 2. The highest BCUT2D eigenvalue weighted by atomic mass is 16.5. The molecule has 2 N–H and O–H groups in total. The van der Waals surface area contributed by atoms with Gasteiger partial charge in [0.25, 0.3) is 5.91 Å². The number of aliphatic hydroxyl groups is 2. The molecule has 2 atom stereocenters. The third-order valence-corrected chi connectivity index (χ3v) is 3.61. The lowest BCUT2D eigenvalue weighted by Gasteiger charge is -2.13. The van der Waals surface area contributed by atoms with Gasteiger partial charge in [-0.3, -0.25) is 4.79 Å². The van der Waals surface area contributed by atoms with Gasteiger partial charge in [0.15, 0.2) is 5.69 Å². The van der Waals surface area contributed by atoms with Gasteiger partial charge < -0.3 is 19.6 Å². The van der Waals surface area contributed by atoms with Crippen LogP contribution < -0.4 is 0 Å². The molecule has 0 aromatic carbocycles. The molecular formula is C13H20N2O4. The number of nitrogens with zero attached hydrogens (tertiary/aromatic N) is 2. The van der Waals surface area contributed by atoms with E-state index in [1.807, 2.05) is 6.92 Å². The van der Waals surface area contributed by atoms with Crippen molar-refractivity contribution < 1.29 is 19.5 Å². The van der Waals surface area contributed by atoms with Gasteiger partial charge >= 0.3 is 0 Å². The van der Waals surface area contributed by atoms with Gasteiger partial charge in [0.2, 0.25) is 0 Å². The first-order valence-electron chi connectivity index (χ1n) is 6.66. The second-order valence-electron chi connectivity index (χ2n) is 5.02. The van der Waals surface area contributed by atoms with Crippen molar-refractivity contribution in [1.29, 1.82) is 0 Å². The Labute approximate surface area is 112 Å². The van der Waals surface area contributed by atoms with Gasteiger partial charge in [-0.25, -0.2) is 0 Å². The minimum atomic E-state index is -0.194. The van der Waals surface area contributed by atoms with E-state index >= 15 is 0 Å². The average molecular weight is 268 g/mol. The minimum absolute atomic E-state index is 0.0189. The first kappa shape index (κ1) is 14.0. The van der Waals surface area contributed by atoms with Crippen LogP contribution in [0.15, 0.2) is 10.6 Å². The Morgan fingerprint density at radius 2 is 2.05 bits per heavy atom. The highest BCUT2D eigenvalue weighted by Crippen LogP contribution is 2.24. The van der Waals surface area contributed by atoms with E-state index in [2.05, 4.69) is 5.16 Å². The molecular weight excluding hydrogens is 248 g/mol. The van der Waals surface area contributed by atoms with Crippen molar-refractivity contribution in [1.82, 2.24) is 10.1 Å². The van der Waals surface area contributed by atoms with Gasteiger partial charge in [-0.15, -0.1) is 0 Å². The molecule has 0 unspecified atom stereocenters. The molecule has 2 rings (SSSR count). The van der Waals surface area contributed by atoms with Crippen LogP contribution in [0.4, 0.5) is 0 Å². The molecule has 6 nitrogen and oxygen atoms in total. The van der Waals surface area contributed by atoms with Crippen LogP contribution in [-0.2, 0) is 6.42 Å². The summed E-state index contributed by atoms with van der Waals surface area (Å²) in [7, 11) is 0. The molecule has 1 saturated heterocycles. The van der Waals surface area contributed by atoms with Gasteiger partial charge in [-0.05, 0) is 6.42 Å². The summed E-state index contributed by atoms with van der Waals surface area (Å²) >= 11 is 0. The van der Waals surface area contributed by atoms with Crippen molar-refractivity contribution >= 4 is 5.91 Å². The Bertz CT molecular complexity index is 420. The molecule has 1 aliphatic rings. The smallest absolute Gasteiger partial charge is 0.276 e. The molecule has 1 amide bonds. The fraction of sp³-hybridized carbons (Fsp3) is 0.692. The Hall–Kier alpha value is -1.40. The van der Waals surface area contributed by atoms with Crippen molar-refractivity contribution in [2.75, 3.05) is 26.3 Å². The standard InChI is InChI=1S/C13H20N2O4/c1-2-3-11-4-12(14-19-11)13(18)15-5-9(7-16)10(6-15)8-17/h4,9-10,16-17H,2-3,5-8H2,1H3/t9-,10-/m1/s1. The number of amides is 1. The maximum absolute atomic E-state index is 12.2. The molecule has 0 radical (unpaired) electrons. The van der Waals surface area contributed by atoms with Crippen LogP contribution in [0.2, 0.25) is 0 Å². The Balaban J connectivity index is 2.03. The number of likely N-dealkylation sites (tertiary alicyclic amines) is 1. The molecule has 6 heteroatoms. The maximum atomic E-state index is 12.2. The average Bonchev–Trinajstić information content (AvgIpc) is 3.04. The molecule has 1 aromatic heterocycles. The van der Waals surface area contributed by atoms with E-state index in [9.17, 15) is 15.0 Å². The number of aliphatic hydroxyl groups excluding tert-OH is 2. The van der Waals surface area contributed by atoms with Crippen LogP contribution in [0, 0.1) is 11.8 Å². The Kier molecular flexibility index (Phi) is 4.55. The first-order chi connectivity index (χ1) is 9.19. The van der Waals surface area contributed by atoms with Crippen LogP contribution in [0.3, 0.4) is 0 Å². The summed E-state index contributed by atoms with van der Waals surface area (Å²) in [6.07, 6.45) is 1.70. The summed E-state index contributed by atoms with van der Waals surface area (Å²) in [5.74, 6) is 0.398. The number of hydrogen-bond acceptors (Lipinski definition) is 5. The maximum Gasteiger partial charge on any atom is 0.276 e. The number of rotatable bonds is 5. The van der Waals surface area contributed by atoms with Crippen molar-refractivity contribution in [2.24, 2.45) is 11.8 Å². The topological polar surface area (TPSA) is 86.8 Å². The SMILES string of the molecule is CCCc1cc(C(=O)N2C[C@H](CO)[C@@H](CO)C2)no1. The minimum Gasteiger partial charge on any atom is -0.396 e. The molecule has 0 saturated carbocycles. The lowest BCUT2D eigenvalue weighted by molar-refractivity contribution is 0.0768. The summed E-state index contributed by atoms with van der Waals surface area (Å²) in [6, 6.07) is 1.67. The summed E-state index contributed by atoms with van der Waals surface area (Å²) in [6.45, 7) is 2.90. The van der Waals surface area contributed by atoms with Crippen molar-refractivity contribution in [3.63, 3.8) is 0 Å². The number of carbonyl (C=O) groups is 1. The summed E-state index contributed by atoms with van der Waals surface area (Å²) in [4.78, 5) is 13.8. The Morgan fingerprint density at radius 1 is 1.42 bits per heavy atom. The summed E-state index contributed by atoms with van der Waals surface area (Å²) in [5.41, 5.74) is 0.304. The number of carbonyl (C=O) groups excluding carboxylic acids is 1. The normalized spacial score (nSPS) is 23.0. The largest absolute Gasteiger partial charge is 0.396 e. The third-order valence-electron chi connectivity index (χ3n) is 3.61. The van der Waals surface area contributed by atoms with Crippen LogP contribution in [-0.4, -0.2) is 52.5 Å². The van der Waals surface area contributed by atoms with Crippen LogP contribution in [0.25, 0.3) is 0 Å². The zero-order valence-corrected chi connectivity index (χ0v) is 11.1. The van der Waals surface area contributed by atoms with Gasteiger partial charge in [0, 0.05) is 50.6 Å². The van der Waals surface area contributed by atoms with E-state index in [4.69, 9.17) is 4.52 Å². The summed E-state index contributed by atoms with van der Waals surface area (Å²) in [5, 5.41) is 22.2. The van der Waals surface area contributed by atoms with E-state index in [0.717, 1.165) is 12.8 Å². The van der Waals surface area contributed by atoms with Crippen LogP contribution >= 0.6 is 0 Å². The third kappa shape index (κ3) is 2.96.